The number of hydrogen-bond acceptors (Lipinski definition) is 2. The average molecular weight is 433 g/mol. The van der Waals surface area contributed by atoms with Crippen LogP contribution in [0, 0.1) is 0 Å². The Labute approximate surface area is 189 Å². The van der Waals surface area contributed by atoms with Gasteiger partial charge < -0.3 is 0 Å². The zero-order chi connectivity index (χ0) is 22.7. The number of benzene rings is 3. The van der Waals surface area contributed by atoms with Gasteiger partial charge in [0.2, 0.25) is 0 Å². The van der Waals surface area contributed by atoms with Crippen LogP contribution < -0.4 is 0 Å². The standard InChI is InChI=1S/C28H32O2S/c1-18(2)22-16-24(19(3)4)28(25(17-22)20(5)6)31(30)26-15-11-10-14-23(26)27(29)21-12-8-7-9-13-21/h7-20H,1-6H3. The summed E-state index contributed by atoms with van der Waals surface area (Å²) in [5.74, 6) is 0.754. The second kappa shape index (κ2) is 9.74. The van der Waals surface area contributed by atoms with Gasteiger partial charge in [-0.15, -0.1) is 0 Å². The number of rotatable bonds is 7. The molecular weight excluding hydrogens is 400 g/mol. The summed E-state index contributed by atoms with van der Waals surface area (Å²) in [4.78, 5) is 14.7. The van der Waals surface area contributed by atoms with Gasteiger partial charge in [-0.25, -0.2) is 4.21 Å². The molecule has 0 saturated carbocycles. The second-order valence-corrected chi connectivity index (χ2v) is 10.3. The third-order valence-corrected chi connectivity index (χ3v) is 7.23. The van der Waals surface area contributed by atoms with Crippen molar-refractivity contribution in [3.63, 3.8) is 0 Å². The van der Waals surface area contributed by atoms with E-state index in [-0.39, 0.29) is 17.6 Å². The van der Waals surface area contributed by atoms with E-state index in [1.807, 2.05) is 36.4 Å². The van der Waals surface area contributed by atoms with E-state index < -0.39 is 10.8 Å². The lowest BCUT2D eigenvalue weighted by Gasteiger charge is -2.23. The van der Waals surface area contributed by atoms with E-state index in [0.717, 1.165) is 16.0 Å². The summed E-state index contributed by atoms with van der Waals surface area (Å²) in [6.07, 6.45) is 0. The highest BCUT2D eigenvalue weighted by molar-refractivity contribution is 7.85. The highest BCUT2D eigenvalue weighted by Gasteiger charge is 2.25. The summed E-state index contributed by atoms with van der Waals surface area (Å²) in [5.41, 5.74) is 4.59. The second-order valence-electron chi connectivity index (χ2n) is 8.95. The van der Waals surface area contributed by atoms with Crippen molar-refractivity contribution in [3.05, 3.63) is 94.5 Å². The molecule has 31 heavy (non-hydrogen) atoms. The first-order valence-electron chi connectivity index (χ1n) is 11.0. The number of hydrogen-bond donors (Lipinski definition) is 0. The maximum absolute atomic E-state index is 14.1. The largest absolute Gasteiger partial charge is 0.289 e. The van der Waals surface area contributed by atoms with Gasteiger partial charge in [-0.1, -0.05) is 96.1 Å². The molecule has 0 fully saturated rings. The fourth-order valence-electron chi connectivity index (χ4n) is 3.77. The van der Waals surface area contributed by atoms with Crippen LogP contribution in [0.3, 0.4) is 0 Å². The lowest BCUT2D eigenvalue weighted by atomic mass is 9.89. The lowest BCUT2D eigenvalue weighted by molar-refractivity contribution is 0.103. The molecule has 3 aromatic rings. The molecule has 0 aliphatic rings. The predicted octanol–water partition coefficient (Wildman–Crippen LogP) is 7.45. The Morgan fingerprint density at radius 2 is 1.23 bits per heavy atom. The fourth-order valence-corrected chi connectivity index (χ4v) is 5.57. The first-order chi connectivity index (χ1) is 14.7. The van der Waals surface area contributed by atoms with Crippen LogP contribution in [0.4, 0.5) is 0 Å². The van der Waals surface area contributed by atoms with E-state index in [4.69, 9.17) is 0 Å². The minimum atomic E-state index is -1.46. The van der Waals surface area contributed by atoms with E-state index in [9.17, 15) is 9.00 Å². The molecule has 0 spiro atoms. The van der Waals surface area contributed by atoms with Crippen LogP contribution in [0.2, 0.25) is 0 Å². The van der Waals surface area contributed by atoms with Gasteiger partial charge in [0.05, 0.1) is 20.6 Å². The number of ketones is 1. The molecule has 3 rings (SSSR count). The zero-order valence-electron chi connectivity index (χ0n) is 19.3. The third-order valence-electron chi connectivity index (χ3n) is 5.63. The monoisotopic (exact) mass is 432 g/mol. The van der Waals surface area contributed by atoms with Crippen LogP contribution in [0.25, 0.3) is 0 Å². The molecule has 0 aliphatic heterocycles. The molecule has 3 heteroatoms. The molecule has 0 radical (unpaired) electrons. The molecule has 0 saturated heterocycles. The highest BCUT2D eigenvalue weighted by Crippen LogP contribution is 2.37. The Hall–Kier alpha value is -2.52. The minimum Gasteiger partial charge on any atom is -0.289 e. The fraction of sp³-hybridized carbons (Fsp3) is 0.321. The highest BCUT2D eigenvalue weighted by atomic mass is 32.2. The maximum atomic E-state index is 14.1. The lowest BCUT2D eigenvalue weighted by Crippen LogP contribution is -2.12. The molecule has 1 atom stereocenters. The van der Waals surface area contributed by atoms with Crippen molar-refractivity contribution in [2.45, 2.75) is 69.1 Å². The Kier molecular flexibility index (Phi) is 7.27. The van der Waals surface area contributed by atoms with Crippen LogP contribution in [0.15, 0.2) is 76.5 Å². The Bertz CT molecular complexity index is 1070. The summed E-state index contributed by atoms with van der Waals surface area (Å²) in [6, 6.07) is 20.9. The average Bonchev–Trinajstić information content (AvgIpc) is 2.77. The quantitative estimate of drug-likeness (QED) is 0.363. The van der Waals surface area contributed by atoms with Crippen molar-refractivity contribution < 1.29 is 9.00 Å². The molecule has 0 N–H and O–H groups in total. The van der Waals surface area contributed by atoms with Crippen LogP contribution >= 0.6 is 0 Å². The van der Waals surface area contributed by atoms with Crippen molar-refractivity contribution in [1.82, 2.24) is 0 Å². The van der Waals surface area contributed by atoms with Gasteiger partial charge in [0.1, 0.15) is 0 Å². The van der Waals surface area contributed by atoms with Crippen molar-refractivity contribution >= 4 is 16.6 Å². The molecule has 0 aliphatic carbocycles. The van der Waals surface area contributed by atoms with Gasteiger partial charge in [-0.2, -0.15) is 0 Å². The van der Waals surface area contributed by atoms with Gasteiger partial charge >= 0.3 is 0 Å². The van der Waals surface area contributed by atoms with E-state index in [1.54, 1.807) is 18.2 Å². The van der Waals surface area contributed by atoms with Gasteiger partial charge in [-0.3, -0.25) is 4.79 Å². The first-order valence-corrected chi connectivity index (χ1v) is 12.2. The molecule has 0 aromatic heterocycles. The number of carbonyl (C=O) groups is 1. The Morgan fingerprint density at radius 1 is 0.710 bits per heavy atom. The summed E-state index contributed by atoms with van der Waals surface area (Å²) in [7, 11) is -1.46. The van der Waals surface area contributed by atoms with Gasteiger partial charge in [0.25, 0.3) is 0 Å². The molecule has 0 bridgehead atoms. The predicted molar refractivity (Wildman–Crippen MR) is 130 cm³/mol. The molecule has 162 valence electrons. The van der Waals surface area contributed by atoms with Crippen LogP contribution in [-0.4, -0.2) is 9.99 Å². The molecule has 1 unspecified atom stereocenters. The van der Waals surface area contributed by atoms with Crippen molar-refractivity contribution in [2.24, 2.45) is 0 Å². The Morgan fingerprint density at radius 3 is 1.74 bits per heavy atom. The molecule has 3 aromatic carbocycles. The topological polar surface area (TPSA) is 34.1 Å². The zero-order valence-corrected chi connectivity index (χ0v) is 20.1. The molecular formula is C28H32O2S. The van der Waals surface area contributed by atoms with Crippen molar-refractivity contribution in [2.75, 3.05) is 0 Å². The van der Waals surface area contributed by atoms with Crippen LogP contribution in [0.5, 0.6) is 0 Å². The minimum absolute atomic E-state index is 0.0967. The first kappa shape index (κ1) is 23.1. The SMILES string of the molecule is CC(C)c1cc(C(C)C)c(S(=O)c2ccccc2C(=O)c2ccccc2)c(C(C)C)c1. The maximum Gasteiger partial charge on any atom is 0.194 e. The summed E-state index contributed by atoms with van der Waals surface area (Å²) >= 11 is 0. The molecule has 0 heterocycles. The smallest absolute Gasteiger partial charge is 0.194 e. The van der Waals surface area contributed by atoms with Crippen LogP contribution in [0.1, 0.15) is 91.9 Å². The third kappa shape index (κ3) is 4.88. The van der Waals surface area contributed by atoms with E-state index in [1.165, 1.54) is 5.56 Å². The summed E-state index contributed by atoms with van der Waals surface area (Å²) in [6.45, 7) is 13.0. The van der Waals surface area contributed by atoms with Crippen molar-refractivity contribution in [3.8, 4) is 0 Å². The van der Waals surface area contributed by atoms with Crippen LogP contribution in [-0.2, 0) is 10.8 Å². The number of carbonyl (C=O) groups excluding carboxylic acids is 1. The normalized spacial score (nSPS) is 12.5. The Balaban J connectivity index is 2.22. The van der Waals surface area contributed by atoms with Gasteiger partial charge in [0.15, 0.2) is 5.78 Å². The van der Waals surface area contributed by atoms with E-state index in [0.29, 0.717) is 21.9 Å². The molecule has 0 amide bonds. The van der Waals surface area contributed by atoms with Gasteiger partial charge in [0, 0.05) is 11.1 Å². The molecule has 2 nitrogen and oxygen atoms in total. The van der Waals surface area contributed by atoms with E-state index >= 15 is 0 Å². The van der Waals surface area contributed by atoms with Gasteiger partial charge in [-0.05, 0) is 46.6 Å². The summed E-state index contributed by atoms with van der Waals surface area (Å²) < 4.78 is 14.1. The summed E-state index contributed by atoms with van der Waals surface area (Å²) in [5, 5.41) is 0. The van der Waals surface area contributed by atoms with E-state index in [2.05, 4.69) is 53.7 Å². The van der Waals surface area contributed by atoms with Crippen molar-refractivity contribution in [1.29, 1.82) is 0 Å².